The second-order valence-electron chi connectivity index (χ2n) is 6.89. The van der Waals surface area contributed by atoms with Crippen LogP contribution in [0.15, 0.2) is 53.6 Å². The van der Waals surface area contributed by atoms with Gasteiger partial charge in [0.1, 0.15) is 5.82 Å². The number of amides is 1. The van der Waals surface area contributed by atoms with Gasteiger partial charge in [-0.05, 0) is 49.2 Å². The van der Waals surface area contributed by atoms with Crippen LogP contribution in [-0.4, -0.2) is 46.3 Å². The molecule has 1 saturated heterocycles. The van der Waals surface area contributed by atoms with Gasteiger partial charge in [0.25, 0.3) is 0 Å². The molecule has 1 aliphatic rings. The number of carbonyl (C=O) groups excluding carboxylic acids is 1. The molecule has 146 valence electrons. The summed E-state index contributed by atoms with van der Waals surface area (Å²) < 4.78 is 29.6. The molecule has 1 atom stereocenters. The fourth-order valence-corrected chi connectivity index (χ4v) is 5.10. The summed E-state index contributed by atoms with van der Waals surface area (Å²) in [6, 6.07) is 11.9. The molecule has 2 aromatic heterocycles. The number of nitrogens with one attached hydrogen (secondary N) is 1. The molecule has 8 nitrogen and oxygen atoms in total. The molecular formula is C19H21N5O3S. The Labute approximate surface area is 163 Å². The third kappa shape index (κ3) is 3.50. The van der Waals surface area contributed by atoms with Gasteiger partial charge in [0.15, 0.2) is 5.65 Å². The first kappa shape index (κ1) is 18.6. The number of hydrogen-bond acceptors (Lipinski definition) is 5. The normalized spacial score (nSPS) is 18.2. The SMILES string of the molecule is CC(=O)Nc1ccc(S(=O)(=O)N2CCCC(c3nnc4ccccn34)C2)cc1. The van der Waals surface area contributed by atoms with Crippen molar-refractivity contribution in [1.82, 2.24) is 18.9 Å². The van der Waals surface area contributed by atoms with Gasteiger partial charge >= 0.3 is 0 Å². The maximum Gasteiger partial charge on any atom is 0.243 e. The summed E-state index contributed by atoms with van der Waals surface area (Å²) in [5, 5.41) is 11.1. The number of fused-ring (bicyclic) bond motifs is 1. The van der Waals surface area contributed by atoms with Crippen molar-refractivity contribution in [3.8, 4) is 0 Å². The first-order valence-corrected chi connectivity index (χ1v) is 10.6. The fourth-order valence-electron chi connectivity index (χ4n) is 3.57. The van der Waals surface area contributed by atoms with Gasteiger partial charge in [0, 0.05) is 37.8 Å². The van der Waals surface area contributed by atoms with Gasteiger partial charge in [-0.15, -0.1) is 10.2 Å². The van der Waals surface area contributed by atoms with Crippen LogP contribution in [0.1, 0.15) is 31.5 Å². The minimum absolute atomic E-state index is 0.0143. The van der Waals surface area contributed by atoms with E-state index in [-0.39, 0.29) is 16.7 Å². The Balaban J connectivity index is 1.57. The highest BCUT2D eigenvalue weighted by Crippen LogP contribution is 2.30. The average Bonchev–Trinajstić information content (AvgIpc) is 3.12. The molecule has 0 spiro atoms. The van der Waals surface area contributed by atoms with Crippen molar-refractivity contribution in [2.75, 3.05) is 18.4 Å². The molecule has 1 unspecified atom stereocenters. The summed E-state index contributed by atoms with van der Waals surface area (Å²) in [6.07, 6.45) is 3.53. The van der Waals surface area contributed by atoms with Crippen molar-refractivity contribution in [3.63, 3.8) is 0 Å². The van der Waals surface area contributed by atoms with Gasteiger partial charge in [-0.3, -0.25) is 9.20 Å². The number of benzene rings is 1. The quantitative estimate of drug-likeness (QED) is 0.726. The van der Waals surface area contributed by atoms with Crippen molar-refractivity contribution in [2.45, 2.75) is 30.6 Å². The van der Waals surface area contributed by atoms with E-state index in [1.54, 1.807) is 12.1 Å². The summed E-state index contributed by atoms with van der Waals surface area (Å²) in [5.41, 5.74) is 1.32. The predicted molar refractivity (Wildman–Crippen MR) is 104 cm³/mol. The molecule has 28 heavy (non-hydrogen) atoms. The zero-order valence-corrected chi connectivity index (χ0v) is 16.3. The number of anilines is 1. The molecule has 3 aromatic rings. The van der Waals surface area contributed by atoms with E-state index in [0.29, 0.717) is 18.8 Å². The smallest absolute Gasteiger partial charge is 0.243 e. The molecular weight excluding hydrogens is 378 g/mol. The van der Waals surface area contributed by atoms with Crippen molar-refractivity contribution < 1.29 is 13.2 Å². The van der Waals surface area contributed by atoms with E-state index in [0.717, 1.165) is 24.3 Å². The number of rotatable bonds is 4. The van der Waals surface area contributed by atoms with Crippen LogP contribution < -0.4 is 5.32 Å². The van der Waals surface area contributed by atoms with Gasteiger partial charge in [0.05, 0.1) is 4.90 Å². The first-order valence-electron chi connectivity index (χ1n) is 9.12. The number of hydrogen-bond donors (Lipinski definition) is 1. The molecule has 1 N–H and O–H groups in total. The van der Waals surface area contributed by atoms with E-state index in [9.17, 15) is 13.2 Å². The van der Waals surface area contributed by atoms with Gasteiger partial charge in [0.2, 0.25) is 15.9 Å². The molecule has 1 fully saturated rings. The molecule has 9 heteroatoms. The van der Waals surface area contributed by atoms with E-state index < -0.39 is 10.0 Å². The number of sulfonamides is 1. The Morgan fingerprint density at radius 3 is 2.68 bits per heavy atom. The van der Waals surface area contributed by atoms with Crippen molar-refractivity contribution in [2.24, 2.45) is 0 Å². The number of piperidine rings is 1. The van der Waals surface area contributed by atoms with Crippen LogP contribution in [0.25, 0.3) is 5.65 Å². The number of aromatic nitrogens is 3. The minimum atomic E-state index is -3.62. The standard InChI is InChI=1S/C19H21N5O3S/c1-14(25)20-16-7-9-17(10-8-16)28(26,27)23-11-4-5-15(13-23)19-22-21-18-6-2-3-12-24(18)19/h2-3,6-10,12,15H,4-5,11,13H2,1H3,(H,20,25). The maximum atomic E-state index is 13.1. The largest absolute Gasteiger partial charge is 0.326 e. The van der Waals surface area contributed by atoms with Gasteiger partial charge in [-0.25, -0.2) is 8.42 Å². The fraction of sp³-hybridized carbons (Fsp3) is 0.316. The van der Waals surface area contributed by atoms with Crippen LogP contribution in [0.3, 0.4) is 0 Å². The lowest BCUT2D eigenvalue weighted by molar-refractivity contribution is -0.114. The van der Waals surface area contributed by atoms with Crippen LogP contribution in [0.2, 0.25) is 0 Å². The van der Waals surface area contributed by atoms with Crippen LogP contribution in [0, 0.1) is 0 Å². The average molecular weight is 399 g/mol. The zero-order valence-electron chi connectivity index (χ0n) is 15.4. The Kier molecular flexibility index (Phi) is 4.86. The number of carbonyl (C=O) groups is 1. The Morgan fingerprint density at radius 2 is 1.93 bits per heavy atom. The lowest BCUT2D eigenvalue weighted by atomic mass is 9.99. The van der Waals surface area contributed by atoms with Crippen LogP contribution in [0.4, 0.5) is 5.69 Å². The first-order chi connectivity index (χ1) is 13.4. The van der Waals surface area contributed by atoms with Crippen molar-refractivity contribution in [3.05, 3.63) is 54.5 Å². The Hall–Kier alpha value is -2.78. The Morgan fingerprint density at radius 1 is 1.14 bits per heavy atom. The van der Waals surface area contributed by atoms with E-state index in [4.69, 9.17) is 0 Å². The Bertz CT molecular complexity index is 1110. The van der Waals surface area contributed by atoms with E-state index >= 15 is 0 Å². The van der Waals surface area contributed by atoms with Gasteiger partial charge in [-0.1, -0.05) is 6.07 Å². The lowest BCUT2D eigenvalue weighted by Crippen LogP contribution is -2.39. The van der Waals surface area contributed by atoms with Crippen LogP contribution in [0.5, 0.6) is 0 Å². The summed E-state index contributed by atoms with van der Waals surface area (Å²) in [7, 11) is -3.62. The van der Waals surface area contributed by atoms with Crippen LogP contribution in [-0.2, 0) is 14.8 Å². The molecule has 0 aliphatic carbocycles. The third-order valence-corrected chi connectivity index (χ3v) is 6.78. The summed E-state index contributed by atoms with van der Waals surface area (Å²) in [5.74, 6) is 0.575. The molecule has 0 radical (unpaired) electrons. The molecule has 0 bridgehead atoms. The second kappa shape index (κ2) is 7.33. The van der Waals surface area contributed by atoms with Gasteiger partial charge in [-0.2, -0.15) is 4.31 Å². The highest BCUT2D eigenvalue weighted by atomic mass is 32.2. The highest BCUT2D eigenvalue weighted by molar-refractivity contribution is 7.89. The monoisotopic (exact) mass is 399 g/mol. The number of nitrogens with zero attached hydrogens (tertiary/aromatic N) is 4. The third-order valence-electron chi connectivity index (χ3n) is 4.90. The topological polar surface area (TPSA) is 96.7 Å². The van der Waals surface area contributed by atoms with Gasteiger partial charge < -0.3 is 5.32 Å². The zero-order chi connectivity index (χ0) is 19.7. The summed E-state index contributed by atoms with van der Waals surface area (Å²) >= 11 is 0. The minimum Gasteiger partial charge on any atom is -0.326 e. The maximum absolute atomic E-state index is 13.1. The predicted octanol–water partition coefficient (Wildman–Crippen LogP) is 2.26. The number of pyridine rings is 1. The van der Waals surface area contributed by atoms with Crippen molar-refractivity contribution in [1.29, 1.82) is 0 Å². The van der Waals surface area contributed by atoms with Crippen molar-refractivity contribution >= 4 is 27.3 Å². The summed E-state index contributed by atoms with van der Waals surface area (Å²) in [4.78, 5) is 11.3. The molecule has 4 rings (SSSR count). The van der Waals surface area contributed by atoms with E-state index in [1.807, 2.05) is 28.8 Å². The molecule has 1 aliphatic heterocycles. The lowest BCUT2D eigenvalue weighted by Gasteiger charge is -2.31. The second-order valence-corrected chi connectivity index (χ2v) is 8.83. The van der Waals surface area contributed by atoms with Crippen LogP contribution >= 0.6 is 0 Å². The molecule has 1 amide bonds. The molecule has 1 aromatic carbocycles. The highest BCUT2D eigenvalue weighted by Gasteiger charge is 2.32. The molecule has 0 saturated carbocycles. The van der Waals surface area contributed by atoms with E-state index in [1.165, 1.54) is 23.4 Å². The summed E-state index contributed by atoms with van der Waals surface area (Å²) in [6.45, 7) is 2.25. The van der Waals surface area contributed by atoms with E-state index in [2.05, 4.69) is 15.5 Å². The molecule has 3 heterocycles.